The van der Waals surface area contributed by atoms with Gasteiger partial charge in [0.15, 0.2) is 0 Å². The molecule has 23 heavy (non-hydrogen) atoms. The fourth-order valence-electron chi connectivity index (χ4n) is 2.68. The molecule has 0 saturated heterocycles. The first-order chi connectivity index (χ1) is 10.9. The molecule has 4 unspecified atom stereocenters. The minimum Gasteiger partial charge on any atom is -0.355 e. The summed E-state index contributed by atoms with van der Waals surface area (Å²) in [7, 11) is 0. The smallest absolute Gasteiger partial charge is 0.149 e. The number of halogens is 2. The van der Waals surface area contributed by atoms with Crippen LogP contribution in [0.25, 0.3) is 0 Å². The molecule has 4 atom stereocenters. The van der Waals surface area contributed by atoms with Crippen molar-refractivity contribution in [2.24, 2.45) is 11.8 Å². The lowest BCUT2D eigenvalue weighted by atomic mass is 10.0. The van der Waals surface area contributed by atoms with Crippen molar-refractivity contribution >= 4 is 23.2 Å². The van der Waals surface area contributed by atoms with Gasteiger partial charge < -0.3 is 14.2 Å². The van der Waals surface area contributed by atoms with Crippen LogP contribution >= 0.6 is 23.2 Å². The van der Waals surface area contributed by atoms with Gasteiger partial charge in [0.25, 0.3) is 0 Å². The maximum atomic E-state index is 5.97. The molecule has 0 amide bonds. The molecular formula is C18H36Cl2O3. The topological polar surface area (TPSA) is 27.7 Å². The van der Waals surface area contributed by atoms with E-state index in [-0.39, 0.29) is 10.8 Å². The number of rotatable bonds is 16. The van der Waals surface area contributed by atoms with Gasteiger partial charge in [-0.1, -0.05) is 13.8 Å². The van der Waals surface area contributed by atoms with E-state index in [2.05, 4.69) is 13.8 Å². The second-order valence-electron chi connectivity index (χ2n) is 6.78. The monoisotopic (exact) mass is 370 g/mol. The molecule has 0 rings (SSSR count). The highest BCUT2D eigenvalue weighted by molar-refractivity contribution is 6.20. The summed E-state index contributed by atoms with van der Waals surface area (Å²) < 4.78 is 16.1. The van der Waals surface area contributed by atoms with Crippen LogP contribution in [0.3, 0.4) is 0 Å². The highest BCUT2D eigenvalue weighted by atomic mass is 35.5. The minimum atomic E-state index is 0.257. The number of hydrogen-bond donors (Lipinski definition) is 0. The van der Waals surface area contributed by atoms with Crippen molar-refractivity contribution in [1.82, 2.24) is 0 Å². The van der Waals surface area contributed by atoms with E-state index in [0.29, 0.717) is 25.4 Å². The zero-order valence-corrected chi connectivity index (χ0v) is 16.9. The third-order valence-corrected chi connectivity index (χ3v) is 4.12. The summed E-state index contributed by atoms with van der Waals surface area (Å²) in [6.45, 7) is 10.6. The summed E-state index contributed by atoms with van der Waals surface area (Å²) in [6.07, 6.45) is 6.51. The molecule has 0 heterocycles. The molecule has 3 nitrogen and oxygen atoms in total. The number of alkyl halides is 2. The third-order valence-electron chi connectivity index (χ3n) is 3.76. The van der Waals surface area contributed by atoms with Crippen LogP contribution < -0.4 is 0 Å². The molecule has 0 spiro atoms. The Morgan fingerprint density at radius 1 is 0.652 bits per heavy atom. The lowest BCUT2D eigenvalue weighted by Gasteiger charge is -2.13. The van der Waals surface area contributed by atoms with Crippen LogP contribution in [0.2, 0.25) is 0 Å². The maximum absolute atomic E-state index is 5.97. The Morgan fingerprint density at radius 3 is 1.39 bits per heavy atom. The zero-order chi connectivity index (χ0) is 17.5. The molecule has 0 N–H and O–H groups in total. The van der Waals surface area contributed by atoms with Gasteiger partial charge in [0.05, 0.1) is 0 Å². The first-order valence-electron chi connectivity index (χ1n) is 8.93. The van der Waals surface area contributed by atoms with E-state index in [4.69, 9.17) is 37.4 Å². The normalized spacial score (nSPS) is 17.0. The van der Waals surface area contributed by atoms with Crippen LogP contribution in [-0.2, 0) is 14.2 Å². The van der Waals surface area contributed by atoms with Crippen molar-refractivity contribution in [3.63, 3.8) is 0 Å². The van der Waals surface area contributed by atoms with Crippen molar-refractivity contribution in [2.75, 3.05) is 26.8 Å². The molecule has 0 saturated carbocycles. The minimum absolute atomic E-state index is 0.257. The SMILES string of the molecule is CC(Cl)CC(C)CCCOCOCOCCCC(C)CC(C)Cl. The van der Waals surface area contributed by atoms with Gasteiger partial charge in [0.1, 0.15) is 13.6 Å². The molecule has 140 valence electrons. The Hall–Kier alpha value is 0.460. The standard InChI is InChI=1S/C18H36Cl2O3/c1-15(11-17(3)19)7-5-9-21-13-23-14-22-10-6-8-16(2)12-18(4)20/h15-18H,5-14H2,1-4H3. The molecule has 0 fully saturated rings. The summed E-state index contributed by atoms with van der Waals surface area (Å²) in [5, 5.41) is 0.514. The van der Waals surface area contributed by atoms with Gasteiger partial charge in [-0.05, 0) is 64.2 Å². The van der Waals surface area contributed by atoms with E-state index >= 15 is 0 Å². The molecular weight excluding hydrogens is 335 g/mol. The maximum Gasteiger partial charge on any atom is 0.149 e. The fraction of sp³-hybridized carbons (Fsp3) is 1.00. The first-order valence-corrected chi connectivity index (χ1v) is 9.80. The van der Waals surface area contributed by atoms with Gasteiger partial charge in [0, 0.05) is 24.0 Å². The number of ether oxygens (including phenoxy) is 3. The van der Waals surface area contributed by atoms with Crippen molar-refractivity contribution in [3.05, 3.63) is 0 Å². The average molecular weight is 371 g/mol. The molecule has 0 aromatic rings. The largest absolute Gasteiger partial charge is 0.355 e. The molecule has 0 aliphatic carbocycles. The Kier molecular flexibility index (Phi) is 16.3. The van der Waals surface area contributed by atoms with Gasteiger partial charge in [-0.3, -0.25) is 0 Å². The van der Waals surface area contributed by atoms with Gasteiger partial charge in [-0.2, -0.15) is 0 Å². The summed E-state index contributed by atoms with van der Waals surface area (Å²) in [4.78, 5) is 0. The predicted molar refractivity (Wildman–Crippen MR) is 99.4 cm³/mol. The second-order valence-corrected chi connectivity index (χ2v) is 8.27. The van der Waals surface area contributed by atoms with Crippen LogP contribution in [0.1, 0.15) is 66.2 Å². The summed E-state index contributed by atoms with van der Waals surface area (Å²) in [5.74, 6) is 1.30. The quantitative estimate of drug-likeness (QED) is 0.194. The molecule has 0 radical (unpaired) electrons. The molecule has 0 bridgehead atoms. The highest BCUT2D eigenvalue weighted by Crippen LogP contribution is 2.16. The van der Waals surface area contributed by atoms with Crippen LogP contribution in [0.5, 0.6) is 0 Å². The van der Waals surface area contributed by atoms with E-state index in [9.17, 15) is 0 Å². The van der Waals surface area contributed by atoms with Gasteiger partial charge in [-0.15, -0.1) is 23.2 Å². The fourth-order valence-corrected chi connectivity index (χ4v) is 3.29. The molecule has 0 aliphatic heterocycles. The first kappa shape index (κ1) is 23.5. The zero-order valence-electron chi connectivity index (χ0n) is 15.4. The van der Waals surface area contributed by atoms with Crippen LogP contribution in [0.4, 0.5) is 0 Å². The van der Waals surface area contributed by atoms with Gasteiger partial charge in [-0.25, -0.2) is 0 Å². The Balaban J connectivity index is 3.19. The van der Waals surface area contributed by atoms with E-state index in [1.54, 1.807) is 0 Å². The lowest BCUT2D eigenvalue weighted by Crippen LogP contribution is -2.09. The van der Waals surface area contributed by atoms with Crippen molar-refractivity contribution in [2.45, 2.75) is 77.0 Å². The second kappa shape index (κ2) is 16.0. The molecule has 0 aliphatic rings. The van der Waals surface area contributed by atoms with Crippen LogP contribution in [0, 0.1) is 11.8 Å². The lowest BCUT2D eigenvalue weighted by molar-refractivity contribution is -0.132. The van der Waals surface area contributed by atoms with E-state index < -0.39 is 0 Å². The Labute approximate surface area is 153 Å². The predicted octanol–water partition coefficient (Wildman–Crippen LogP) is 5.82. The molecule has 0 aromatic heterocycles. The van der Waals surface area contributed by atoms with Crippen LogP contribution in [-0.4, -0.2) is 37.6 Å². The van der Waals surface area contributed by atoms with Crippen molar-refractivity contribution < 1.29 is 14.2 Å². The molecule has 5 heteroatoms. The van der Waals surface area contributed by atoms with E-state index in [0.717, 1.165) is 51.7 Å². The highest BCUT2D eigenvalue weighted by Gasteiger charge is 2.06. The number of hydrogen-bond acceptors (Lipinski definition) is 3. The van der Waals surface area contributed by atoms with Crippen molar-refractivity contribution in [1.29, 1.82) is 0 Å². The third kappa shape index (κ3) is 18.6. The summed E-state index contributed by atoms with van der Waals surface area (Å²) in [6, 6.07) is 0. The Morgan fingerprint density at radius 2 is 1.04 bits per heavy atom. The molecule has 0 aromatic carbocycles. The summed E-state index contributed by atoms with van der Waals surface area (Å²) in [5.41, 5.74) is 0. The average Bonchev–Trinajstić information content (AvgIpc) is 2.43. The van der Waals surface area contributed by atoms with Gasteiger partial charge in [0.2, 0.25) is 0 Å². The Bertz CT molecular complexity index is 226. The summed E-state index contributed by atoms with van der Waals surface area (Å²) >= 11 is 11.9. The van der Waals surface area contributed by atoms with E-state index in [1.165, 1.54) is 0 Å². The van der Waals surface area contributed by atoms with Crippen LogP contribution in [0.15, 0.2) is 0 Å². The van der Waals surface area contributed by atoms with Gasteiger partial charge >= 0.3 is 0 Å². The van der Waals surface area contributed by atoms with E-state index in [1.807, 2.05) is 13.8 Å². The van der Waals surface area contributed by atoms with Crippen molar-refractivity contribution in [3.8, 4) is 0 Å².